The summed E-state index contributed by atoms with van der Waals surface area (Å²) < 4.78 is 0. The fourth-order valence-electron chi connectivity index (χ4n) is 1.43. The zero-order chi connectivity index (χ0) is 9.97. The highest BCUT2D eigenvalue weighted by Crippen LogP contribution is 2.43. The van der Waals surface area contributed by atoms with Crippen molar-refractivity contribution in [1.29, 1.82) is 0 Å². The number of thioether (sulfide) groups is 1. The predicted octanol–water partition coefficient (Wildman–Crippen LogP) is 3.13. The lowest BCUT2D eigenvalue weighted by Gasteiger charge is -1.97. The molecule has 0 spiro atoms. The first-order chi connectivity index (χ1) is 6.81. The minimum absolute atomic E-state index is 0.220. The van der Waals surface area contributed by atoms with Crippen LogP contribution in [-0.2, 0) is 4.79 Å². The molecule has 1 aromatic rings. The van der Waals surface area contributed by atoms with Crippen molar-refractivity contribution in [3.8, 4) is 0 Å². The second kappa shape index (κ2) is 4.01. The molecular weight excluding hydrogens is 192 g/mol. The maximum atomic E-state index is 11.7. The second-order valence-electron chi connectivity index (χ2n) is 3.48. The quantitative estimate of drug-likeness (QED) is 0.556. The van der Waals surface area contributed by atoms with Crippen molar-refractivity contribution in [3.63, 3.8) is 0 Å². The zero-order valence-electron chi connectivity index (χ0n) is 7.85. The van der Waals surface area contributed by atoms with Crippen molar-refractivity contribution in [2.45, 2.75) is 11.3 Å². The molecule has 0 bridgehead atoms. The lowest BCUT2D eigenvalue weighted by atomic mass is 10.3. The maximum absolute atomic E-state index is 11.7. The smallest absolute Gasteiger partial charge is 0.197 e. The number of rotatable bonds is 3. The number of carbonyl (C=O) groups is 1. The van der Waals surface area contributed by atoms with Crippen molar-refractivity contribution in [1.82, 2.24) is 0 Å². The van der Waals surface area contributed by atoms with Crippen LogP contribution in [0.25, 0.3) is 0 Å². The van der Waals surface area contributed by atoms with Crippen LogP contribution < -0.4 is 0 Å². The molecule has 1 nitrogen and oxygen atoms in total. The van der Waals surface area contributed by atoms with Crippen LogP contribution in [-0.4, -0.2) is 5.12 Å². The molecule has 0 aliphatic heterocycles. The Morgan fingerprint density at radius 3 is 2.71 bits per heavy atom. The number of hydrogen-bond acceptors (Lipinski definition) is 2. The summed E-state index contributed by atoms with van der Waals surface area (Å²) in [4.78, 5) is 12.7. The highest BCUT2D eigenvalue weighted by atomic mass is 32.2. The molecule has 1 saturated carbocycles. The van der Waals surface area contributed by atoms with Gasteiger partial charge >= 0.3 is 0 Å². The molecule has 0 aromatic heterocycles. The molecule has 1 aliphatic rings. The predicted molar refractivity (Wildman–Crippen MR) is 59.1 cm³/mol. The van der Waals surface area contributed by atoms with Gasteiger partial charge in [0.15, 0.2) is 5.12 Å². The third-order valence-corrected chi connectivity index (χ3v) is 3.42. The Hall–Kier alpha value is -1.02. The first-order valence-corrected chi connectivity index (χ1v) is 5.52. The van der Waals surface area contributed by atoms with E-state index in [0.717, 1.165) is 11.3 Å². The lowest BCUT2D eigenvalue weighted by Crippen LogP contribution is -1.95. The topological polar surface area (TPSA) is 17.1 Å². The molecule has 2 atom stereocenters. The Balaban J connectivity index is 1.93. The summed E-state index contributed by atoms with van der Waals surface area (Å²) in [5.74, 6) is 0.649. The van der Waals surface area contributed by atoms with E-state index in [2.05, 4.69) is 6.58 Å². The fourth-order valence-corrected chi connectivity index (χ4v) is 2.37. The minimum Gasteiger partial charge on any atom is -0.287 e. The molecule has 1 aromatic carbocycles. The Morgan fingerprint density at radius 2 is 2.14 bits per heavy atom. The molecule has 2 unspecified atom stereocenters. The highest BCUT2D eigenvalue weighted by molar-refractivity contribution is 8.13. The average molecular weight is 204 g/mol. The third-order valence-electron chi connectivity index (χ3n) is 2.41. The van der Waals surface area contributed by atoms with Gasteiger partial charge < -0.3 is 0 Å². The molecule has 72 valence electrons. The standard InChI is InChI=1S/C12H12OS/c1-2-9-8-11(9)12(13)14-10-6-4-3-5-7-10/h2-7,9,11H,1,8H2. The monoisotopic (exact) mass is 204 g/mol. The van der Waals surface area contributed by atoms with Crippen molar-refractivity contribution >= 4 is 16.9 Å². The van der Waals surface area contributed by atoms with Crippen LogP contribution in [0.5, 0.6) is 0 Å². The minimum atomic E-state index is 0.220. The summed E-state index contributed by atoms with van der Waals surface area (Å²) in [5.41, 5.74) is 0. The van der Waals surface area contributed by atoms with E-state index in [9.17, 15) is 4.79 Å². The van der Waals surface area contributed by atoms with E-state index < -0.39 is 0 Å². The molecule has 0 saturated heterocycles. The molecular formula is C12H12OS. The summed E-state index contributed by atoms with van der Waals surface area (Å²) >= 11 is 1.35. The van der Waals surface area contributed by atoms with Crippen molar-refractivity contribution < 1.29 is 4.79 Å². The van der Waals surface area contributed by atoms with Gasteiger partial charge in [0.05, 0.1) is 0 Å². The summed E-state index contributed by atoms with van der Waals surface area (Å²) in [6, 6.07) is 9.79. The van der Waals surface area contributed by atoms with E-state index in [1.54, 1.807) is 0 Å². The summed E-state index contributed by atoms with van der Waals surface area (Å²) in [6.07, 6.45) is 2.87. The summed E-state index contributed by atoms with van der Waals surface area (Å²) in [5, 5.41) is 0.279. The van der Waals surface area contributed by atoms with Gasteiger partial charge in [-0.25, -0.2) is 0 Å². The van der Waals surface area contributed by atoms with Gasteiger partial charge in [-0.3, -0.25) is 4.79 Å². The van der Waals surface area contributed by atoms with Crippen LogP contribution in [0.4, 0.5) is 0 Å². The van der Waals surface area contributed by atoms with E-state index in [1.807, 2.05) is 36.4 Å². The Kier molecular flexibility index (Phi) is 2.73. The van der Waals surface area contributed by atoms with Gasteiger partial charge in [0.25, 0.3) is 0 Å². The molecule has 1 aliphatic carbocycles. The number of hydrogen-bond donors (Lipinski definition) is 0. The van der Waals surface area contributed by atoms with Crippen LogP contribution in [0.2, 0.25) is 0 Å². The molecule has 0 radical (unpaired) electrons. The number of allylic oxidation sites excluding steroid dienone is 1. The molecule has 0 heterocycles. The van der Waals surface area contributed by atoms with E-state index in [4.69, 9.17) is 0 Å². The molecule has 2 heteroatoms. The second-order valence-corrected chi connectivity index (χ2v) is 4.55. The fraction of sp³-hybridized carbons (Fsp3) is 0.250. The normalized spacial score (nSPS) is 24.3. The highest BCUT2D eigenvalue weighted by Gasteiger charge is 2.40. The van der Waals surface area contributed by atoms with Crippen LogP contribution in [0, 0.1) is 11.8 Å². The Labute approximate surface area is 88.2 Å². The average Bonchev–Trinajstić information content (AvgIpc) is 2.98. The first kappa shape index (κ1) is 9.53. The van der Waals surface area contributed by atoms with E-state index in [0.29, 0.717) is 5.92 Å². The van der Waals surface area contributed by atoms with Crippen LogP contribution in [0.15, 0.2) is 47.9 Å². The van der Waals surface area contributed by atoms with E-state index in [1.165, 1.54) is 11.8 Å². The van der Waals surface area contributed by atoms with Gasteiger partial charge in [-0.1, -0.05) is 36.0 Å². The molecule has 14 heavy (non-hydrogen) atoms. The number of carbonyl (C=O) groups excluding carboxylic acids is 1. The molecule has 0 amide bonds. The van der Waals surface area contributed by atoms with Crippen LogP contribution in [0.1, 0.15) is 6.42 Å². The van der Waals surface area contributed by atoms with Crippen molar-refractivity contribution in [2.75, 3.05) is 0 Å². The third kappa shape index (κ3) is 2.07. The Morgan fingerprint density at radius 1 is 1.43 bits per heavy atom. The van der Waals surface area contributed by atoms with Gasteiger partial charge in [0.2, 0.25) is 0 Å². The zero-order valence-corrected chi connectivity index (χ0v) is 8.67. The summed E-state index contributed by atoms with van der Waals surface area (Å²) in [7, 11) is 0. The first-order valence-electron chi connectivity index (χ1n) is 4.70. The lowest BCUT2D eigenvalue weighted by molar-refractivity contribution is -0.112. The molecule has 0 N–H and O–H groups in total. The van der Waals surface area contributed by atoms with Crippen LogP contribution >= 0.6 is 11.8 Å². The van der Waals surface area contributed by atoms with Gasteiger partial charge in [-0.05, 0) is 24.5 Å². The van der Waals surface area contributed by atoms with Crippen molar-refractivity contribution in [2.24, 2.45) is 11.8 Å². The Bertz CT molecular complexity index is 345. The maximum Gasteiger partial charge on any atom is 0.197 e. The van der Waals surface area contributed by atoms with Crippen molar-refractivity contribution in [3.05, 3.63) is 43.0 Å². The van der Waals surface area contributed by atoms with E-state index >= 15 is 0 Å². The SMILES string of the molecule is C=CC1CC1C(=O)Sc1ccccc1. The van der Waals surface area contributed by atoms with Gasteiger partial charge in [0.1, 0.15) is 0 Å². The van der Waals surface area contributed by atoms with Gasteiger partial charge in [-0.15, -0.1) is 6.58 Å². The van der Waals surface area contributed by atoms with Crippen LogP contribution in [0.3, 0.4) is 0 Å². The molecule has 1 fully saturated rings. The largest absolute Gasteiger partial charge is 0.287 e. The van der Waals surface area contributed by atoms with E-state index in [-0.39, 0.29) is 11.0 Å². The molecule has 2 rings (SSSR count). The summed E-state index contributed by atoms with van der Waals surface area (Å²) in [6.45, 7) is 3.70. The number of benzene rings is 1. The van der Waals surface area contributed by atoms with Gasteiger partial charge in [0, 0.05) is 10.8 Å². The van der Waals surface area contributed by atoms with Gasteiger partial charge in [-0.2, -0.15) is 0 Å².